The zero-order chi connectivity index (χ0) is 19.1. The number of rotatable bonds is 3. The summed E-state index contributed by atoms with van der Waals surface area (Å²) in [5.41, 5.74) is 3.30. The van der Waals surface area contributed by atoms with Crippen molar-refractivity contribution in [1.29, 1.82) is 0 Å². The lowest BCUT2D eigenvalue weighted by Crippen LogP contribution is -2.28. The highest BCUT2D eigenvalue weighted by Crippen LogP contribution is 2.36. The van der Waals surface area contributed by atoms with Gasteiger partial charge in [0.05, 0.1) is 11.6 Å². The van der Waals surface area contributed by atoms with Gasteiger partial charge >= 0.3 is 0 Å². The third-order valence-electron chi connectivity index (χ3n) is 5.03. The summed E-state index contributed by atoms with van der Waals surface area (Å²) in [7, 11) is 0. The van der Waals surface area contributed by atoms with Crippen LogP contribution in [0.15, 0.2) is 64.1 Å². The standard InChI is InChI=1S/C22H18N4O2/c1-14-13-16-5-2-3-7-18(16)26(14)22-24-20-19(21(27)25-22)15(10-11-23-20)8-9-17-6-4-12-28-17/h2-12,14H,13H2,1H3,(H,23,24,25,27)/b9-8+/t14-/m0/s1. The number of fused-ring (bicyclic) bond motifs is 2. The first kappa shape index (κ1) is 16.5. The molecule has 6 heteroatoms. The predicted molar refractivity (Wildman–Crippen MR) is 110 cm³/mol. The van der Waals surface area contributed by atoms with Gasteiger partial charge in [0.2, 0.25) is 5.95 Å². The molecule has 138 valence electrons. The molecule has 0 amide bonds. The van der Waals surface area contributed by atoms with E-state index >= 15 is 0 Å². The van der Waals surface area contributed by atoms with Crippen LogP contribution in [0.2, 0.25) is 0 Å². The number of furan rings is 1. The maximum Gasteiger partial charge on any atom is 0.262 e. The quantitative estimate of drug-likeness (QED) is 0.586. The Morgan fingerprint density at radius 3 is 2.93 bits per heavy atom. The van der Waals surface area contributed by atoms with E-state index in [0.717, 1.165) is 17.7 Å². The minimum Gasteiger partial charge on any atom is -0.465 e. The Labute approximate surface area is 161 Å². The molecule has 4 aromatic rings. The van der Waals surface area contributed by atoms with Crippen LogP contribution in [-0.4, -0.2) is 21.0 Å². The summed E-state index contributed by atoms with van der Waals surface area (Å²) in [5.74, 6) is 1.24. The van der Waals surface area contributed by atoms with Gasteiger partial charge in [-0.3, -0.25) is 9.78 Å². The molecule has 1 aromatic carbocycles. The van der Waals surface area contributed by atoms with Gasteiger partial charge in [0, 0.05) is 17.9 Å². The number of hydrogen-bond acceptors (Lipinski definition) is 5. The molecule has 0 aliphatic carbocycles. The fourth-order valence-corrected chi connectivity index (χ4v) is 3.77. The monoisotopic (exact) mass is 370 g/mol. The number of pyridine rings is 1. The lowest BCUT2D eigenvalue weighted by atomic mass is 10.1. The van der Waals surface area contributed by atoms with Crippen LogP contribution in [0.5, 0.6) is 0 Å². The molecule has 28 heavy (non-hydrogen) atoms. The van der Waals surface area contributed by atoms with Gasteiger partial charge < -0.3 is 9.32 Å². The Hall–Kier alpha value is -3.67. The van der Waals surface area contributed by atoms with Gasteiger partial charge in [-0.2, -0.15) is 4.98 Å². The molecule has 6 nitrogen and oxygen atoms in total. The third kappa shape index (κ3) is 2.70. The highest BCUT2D eigenvalue weighted by molar-refractivity contribution is 5.88. The Morgan fingerprint density at radius 2 is 2.07 bits per heavy atom. The van der Waals surface area contributed by atoms with Gasteiger partial charge in [0.15, 0.2) is 5.65 Å². The smallest absolute Gasteiger partial charge is 0.262 e. The Morgan fingerprint density at radius 1 is 1.18 bits per heavy atom. The minimum atomic E-state index is -0.205. The zero-order valence-electron chi connectivity index (χ0n) is 15.3. The van der Waals surface area contributed by atoms with Crippen LogP contribution in [0.3, 0.4) is 0 Å². The van der Waals surface area contributed by atoms with E-state index in [-0.39, 0.29) is 11.6 Å². The van der Waals surface area contributed by atoms with Gasteiger partial charge in [-0.15, -0.1) is 0 Å². The van der Waals surface area contributed by atoms with Crippen molar-refractivity contribution < 1.29 is 4.42 Å². The normalized spacial score (nSPS) is 16.2. The third-order valence-corrected chi connectivity index (χ3v) is 5.03. The molecular weight excluding hydrogens is 352 g/mol. The van der Waals surface area contributed by atoms with Crippen molar-refractivity contribution in [3.05, 3.63) is 82.2 Å². The number of anilines is 2. The molecule has 5 rings (SSSR count). The highest BCUT2D eigenvalue weighted by Gasteiger charge is 2.28. The Kier molecular flexibility index (Phi) is 3.83. The van der Waals surface area contributed by atoms with Crippen LogP contribution in [0, 0.1) is 0 Å². The van der Waals surface area contributed by atoms with Crippen LogP contribution in [0.1, 0.15) is 23.8 Å². The minimum absolute atomic E-state index is 0.205. The number of aromatic nitrogens is 3. The summed E-state index contributed by atoms with van der Waals surface area (Å²) in [4.78, 5) is 27.0. The molecule has 0 fully saturated rings. The first-order chi connectivity index (χ1) is 13.7. The van der Waals surface area contributed by atoms with Gasteiger partial charge in [0.1, 0.15) is 5.76 Å². The van der Waals surface area contributed by atoms with Crippen molar-refractivity contribution in [1.82, 2.24) is 15.0 Å². The number of hydrogen-bond donors (Lipinski definition) is 1. The molecule has 1 N–H and O–H groups in total. The first-order valence-electron chi connectivity index (χ1n) is 9.18. The second-order valence-corrected chi connectivity index (χ2v) is 6.89. The molecule has 4 heterocycles. The van der Waals surface area contributed by atoms with Gasteiger partial charge in [0.25, 0.3) is 5.56 Å². The second-order valence-electron chi connectivity index (χ2n) is 6.89. The van der Waals surface area contributed by atoms with E-state index in [0.29, 0.717) is 22.7 Å². The summed E-state index contributed by atoms with van der Waals surface area (Å²) in [6, 6.07) is 13.9. The maximum absolute atomic E-state index is 12.9. The van der Waals surface area contributed by atoms with Crippen molar-refractivity contribution in [3.63, 3.8) is 0 Å². The summed E-state index contributed by atoms with van der Waals surface area (Å²) in [6.07, 6.45) is 7.85. The van der Waals surface area contributed by atoms with E-state index < -0.39 is 0 Å². The Bertz CT molecular complexity index is 1240. The van der Waals surface area contributed by atoms with Crippen molar-refractivity contribution in [2.75, 3.05) is 4.90 Å². The summed E-state index contributed by atoms with van der Waals surface area (Å²) < 4.78 is 5.32. The summed E-state index contributed by atoms with van der Waals surface area (Å²) in [6.45, 7) is 2.13. The average Bonchev–Trinajstić information content (AvgIpc) is 3.32. The molecule has 1 atom stereocenters. The molecule has 0 bridgehead atoms. The SMILES string of the molecule is C[C@H]1Cc2ccccc2N1c1nc2nccc(/C=C/c3ccco3)c2c(=O)[nH]1. The van der Waals surface area contributed by atoms with Crippen molar-refractivity contribution >= 4 is 34.8 Å². The van der Waals surface area contributed by atoms with Crippen molar-refractivity contribution in [2.45, 2.75) is 19.4 Å². The number of benzene rings is 1. The topological polar surface area (TPSA) is 75.0 Å². The zero-order valence-corrected chi connectivity index (χ0v) is 15.3. The lowest BCUT2D eigenvalue weighted by Gasteiger charge is -2.23. The van der Waals surface area contributed by atoms with Crippen LogP contribution in [0.25, 0.3) is 23.2 Å². The second kappa shape index (κ2) is 6.49. The molecule has 0 unspecified atom stereocenters. The molecule has 1 aliphatic rings. The first-order valence-corrected chi connectivity index (χ1v) is 9.18. The summed E-state index contributed by atoms with van der Waals surface area (Å²) >= 11 is 0. The molecule has 0 spiro atoms. The van der Waals surface area contributed by atoms with Crippen LogP contribution in [-0.2, 0) is 6.42 Å². The molecule has 0 saturated heterocycles. The van der Waals surface area contributed by atoms with Crippen LogP contribution in [0.4, 0.5) is 11.6 Å². The van der Waals surface area contributed by atoms with Crippen LogP contribution < -0.4 is 10.5 Å². The number of nitrogens with zero attached hydrogens (tertiary/aromatic N) is 3. The van der Waals surface area contributed by atoms with E-state index in [9.17, 15) is 4.79 Å². The molecule has 3 aromatic heterocycles. The highest BCUT2D eigenvalue weighted by atomic mass is 16.3. The number of H-pyrrole nitrogens is 1. The van der Waals surface area contributed by atoms with Crippen molar-refractivity contribution in [2.24, 2.45) is 0 Å². The number of nitrogens with one attached hydrogen (secondary N) is 1. The van der Waals surface area contributed by atoms with Crippen LogP contribution >= 0.6 is 0 Å². The number of para-hydroxylation sites is 1. The molecule has 0 radical (unpaired) electrons. The van der Waals surface area contributed by atoms with Gasteiger partial charge in [-0.1, -0.05) is 24.3 Å². The Balaban J connectivity index is 1.62. The van der Waals surface area contributed by atoms with E-state index in [1.165, 1.54) is 5.56 Å². The van der Waals surface area contributed by atoms with Crippen molar-refractivity contribution in [3.8, 4) is 0 Å². The summed E-state index contributed by atoms with van der Waals surface area (Å²) in [5, 5.41) is 0.467. The fraction of sp³-hybridized carbons (Fsp3) is 0.136. The van der Waals surface area contributed by atoms with E-state index in [4.69, 9.17) is 4.42 Å². The average molecular weight is 370 g/mol. The molecule has 0 saturated carbocycles. The van der Waals surface area contributed by atoms with Gasteiger partial charge in [-0.05, 0) is 54.8 Å². The maximum atomic E-state index is 12.9. The van der Waals surface area contributed by atoms with E-state index in [2.05, 4.69) is 38.9 Å². The fourth-order valence-electron chi connectivity index (χ4n) is 3.77. The molecular formula is C22H18N4O2. The number of aromatic amines is 1. The van der Waals surface area contributed by atoms with E-state index in [1.54, 1.807) is 18.5 Å². The van der Waals surface area contributed by atoms with E-state index in [1.807, 2.05) is 36.4 Å². The predicted octanol–water partition coefficient (Wildman–Crippen LogP) is 4.16. The van der Waals surface area contributed by atoms with Gasteiger partial charge in [-0.25, -0.2) is 4.98 Å². The molecule has 1 aliphatic heterocycles. The largest absolute Gasteiger partial charge is 0.465 e. The lowest BCUT2D eigenvalue weighted by molar-refractivity contribution is 0.557.